The van der Waals surface area contributed by atoms with Gasteiger partial charge in [0.25, 0.3) is 0 Å². The molecule has 3 aromatic rings. The molecular weight excluding hydrogens is 462 g/mol. The van der Waals surface area contributed by atoms with Gasteiger partial charge in [-0.05, 0) is 30.4 Å². The van der Waals surface area contributed by atoms with Crippen molar-refractivity contribution in [2.75, 3.05) is 43.1 Å². The molecule has 6 nitrogen and oxygen atoms in total. The van der Waals surface area contributed by atoms with Crippen molar-refractivity contribution in [3.63, 3.8) is 0 Å². The van der Waals surface area contributed by atoms with Gasteiger partial charge in [-0.1, -0.05) is 47.7 Å². The third-order valence-corrected chi connectivity index (χ3v) is 9.10. The zero-order valence-corrected chi connectivity index (χ0v) is 20.5. The van der Waals surface area contributed by atoms with Gasteiger partial charge in [0, 0.05) is 37.5 Å². The van der Waals surface area contributed by atoms with Gasteiger partial charge >= 0.3 is 0 Å². The van der Waals surface area contributed by atoms with Crippen molar-refractivity contribution in [3.05, 3.63) is 54.1 Å². The molecule has 1 aliphatic heterocycles. The molecule has 1 saturated heterocycles. The number of carbonyl (C=O) groups excluding carboxylic acids is 1. The topological polar surface area (TPSA) is 70.6 Å². The van der Waals surface area contributed by atoms with Gasteiger partial charge in [0.15, 0.2) is 15.0 Å². The molecule has 2 heterocycles. The second kappa shape index (κ2) is 10.2. The van der Waals surface area contributed by atoms with Crippen LogP contribution in [0.3, 0.4) is 0 Å². The van der Waals surface area contributed by atoms with Crippen molar-refractivity contribution < 1.29 is 13.2 Å². The van der Waals surface area contributed by atoms with Gasteiger partial charge < -0.3 is 9.80 Å². The number of nitrogens with zero attached hydrogens (tertiary/aromatic N) is 3. The van der Waals surface area contributed by atoms with Crippen molar-refractivity contribution in [1.29, 1.82) is 0 Å². The highest BCUT2D eigenvalue weighted by molar-refractivity contribution is 7.98. The zero-order valence-electron chi connectivity index (χ0n) is 18.1. The van der Waals surface area contributed by atoms with Crippen LogP contribution in [0.15, 0.2) is 53.4 Å². The molecule has 4 rings (SSSR count). The first-order valence-corrected chi connectivity index (χ1v) is 14.5. The van der Waals surface area contributed by atoms with E-state index < -0.39 is 9.84 Å². The molecule has 9 heteroatoms. The van der Waals surface area contributed by atoms with Gasteiger partial charge in [0.2, 0.25) is 5.91 Å². The molecule has 170 valence electrons. The summed E-state index contributed by atoms with van der Waals surface area (Å²) in [5.41, 5.74) is 1.84. The summed E-state index contributed by atoms with van der Waals surface area (Å²) in [6, 6.07) is 15.4. The van der Waals surface area contributed by atoms with Crippen molar-refractivity contribution in [1.82, 2.24) is 9.88 Å². The van der Waals surface area contributed by atoms with Crippen LogP contribution < -0.4 is 4.90 Å². The second-order valence-electron chi connectivity index (χ2n) is 7.85. The number of thiazole rings is 1. The summed E-state index contributed by atoms with van der Waals surface area (Å²) >= 11 is 3.39. The Morgan fingerprint density at radius 1 is 1.06 bits per heavy atom. The minimum absolute atomic E-state index is 0.0289. The van der Waals surface area contributed by atoms with E-state index in [1.54, 1.807) is 23.1 Å². The third kappa shape index (κ3) is 5.63. The van der Waals surface area contributed by atoms with Gasteiger partial charge in [-0.25, -0.2) is 13.4 Å². The fraction of sp³-hybridized carbons (Fsp3) is 0.391. The van der Waals surface area contributed by atoms with Crippen LogP contribution in [0.25, 0.3) is 10.2 Å². The third-order valence-electron chi connectivity index (χ3n) is 5.57. The Morgan fingerprint density at radius 2 is 1.81 bits per heavy atom. The normalized spacial score (nSPS) is 14.8. The molecule has 0 unspecified atom stereocenters. The molecule has 0 radical (unpaired) electrons. The number of thioether (sulfide) groups is 1. The maximum atomic E-state index is 12.6. The lowest BCUT2D eigenvalue weighted by Gasteiger charge is -2.34. The van der Waals surface area contributed by atoms with Gasteiger partial charge in [0.1, 0.15) is 0 Å². The molecule has 1 aliphatic rings. The van der Waals surface area contributed by atoms with Crippen molar-refractivity contribution >= 4 is 54.2 Å². The number of amides is 1. The first-order chi connectivity index (χ1) is 15.4. The van der Waals surface area contributed by atoms with Crippen LogP contribution in [0, 0.1) is 0 Å². The van der Waals surface area contributed by atoms with Crippen LogP contribution in [0.2, 0.25) is 0 Å². The van der Waals surface area contributed by atoms with E-state index in [1.807, 2.05) is 35.2 Å². The predicted molar refractivity (Wildman–Crippen MR) is 133 cm³/mol. The minimum atomic E-state index is -3.21. The standard InChI is InChI=1S/C23H27N3O3S3/c1-30-19-9-5-10-20-22(19)24-23(31-20)26-14-12-25(13-15-26)21(27)11-6-16-32(28,29)17-18-7-3-2-4-8-18/h2-5,7-10H,6,11-17H2,1H3. The molecule has 1 aromatic heterocycles. The number of piperazine rings is 1. The molecule has 32 heavy (non-hydrogen) atoms. The summed E-state index contributed by atoms with van der Waals surface area (Å²) in [5.74, 6) is 0.103. The Labute approximate surface area is 197 Å². The largest absolute Gasteiger partial charge is 0.345 e. The van der Waals surface area contributed by atoms with E-state index in [0.717, 1.165) is 29.3 Å². The smallest absolute Gasteiger partial charge is 0.222 e. The van der Waals surface area contributed by atoms with E-state index in [0.29, 0.717) is 19.5 Å². The summed E-state index contributed by atoms with van der Waals surface area (Å²) in [5, 5.41) is 1.00. The Kier molecular flexibility index (Phi) is 7.37. The van der Waals surface area contributed by atoms with Crippen molar-refractivity contribution in [2.24, 2.45) is 0 Å². The van der Waals surface area contributed by atoms with Crippen LogP contribution in [0.4, 0.5) is 5.13 Å². The summed E-state index contributed by atoms with van der Waals surface area (Å²) < 4.78 is 25.9. The number of benzene rings is 2. The molecule has 0 saturated carbocycles. The van der Waals surface area contributed by atoms with Gasteiger partial charge in [0.05, 0.1) is 21.7 Å². The van der Waals surface area contributed by atoms with E-state index in [1.165, 1.54) is 9.60 Å². The number of aromatic nitrogens is 1. The van der Waals surface area contributed by atoms with Crippen LogP contribution in [0.5, 0.6) is 0 Å². The maximum Gasteiger partial charge on any atom is 0.222 e. The predicted octanol–water partition coefficient (Wildman–Crippen LogP) is 4.06. The monoisotopic (exact) mass is 489 g/mol. The van der Waals surface area contributed by atoms with Gasteiger partial charge in [-0.3, -0.25) is 4.79 Å². The van der Waals surface area contributed by atoms with E-state index in [9.17, 15) is 13.2 Å². The highest BCUT2D eigenvalue weighted by atomic mass is 32.2. The maximum absolute atomic E-state index is 12.6. The van der Waals surface area contributed by atoms with E-state index in [-0.39, 0.29) is 23.8 Å². The fourth-order valence-electron chi connectivity index (χ4n) is 3.86. The number of fused-ring (bicyclic) bond motifs is 1. The lowest BCUT2D eigenvalue weighted by Crippen LogP contribution is -2.48. The zero-order chi connectivity index (χ0) is 22.6. The molecular formula is C23H27N3O3S3. The number of hydrogen-bond donors (Lipinski definition) is 0. The lowest BCUT2D eigenvalue weighted by atomic mass is 10.2. The van der Waals surface area contributed by atoms with Gasteiger partial charge in [-0.2, -0.15) is 0 Å². The van der Waals surface area contributed by atoms with Crippen molar-refractivity contribution in [2.45, 2.75) is 23.5 Å². The van der Waals surface area contributed by atoms with Gasteiger partial charge in [-0.15, -0.1) is 11.8 Å². The number of hydrogen-bond acceptors (Lipinski definition) is 7. The van der Waals surface area contributed by atoms with E-state index >= 15 is 0 Å². The summed E-state index contributed by atoms with van der Waals surface area (Å²) in [6.45, 7) is 2.76. The van der Waals surface area contributed by atoms with E-state index in [4.69, 9.17) is 4.98 Å². The summed E-state index contributed by atoms with van der Waals surface area (Å²) in [6.07, 6.45) is 2.70. The molecule has 1 amide bonds. The van der Waals surface area contributed by atoms with Crippen LogP contribution in [0.1, 0.15) is 18.4 Å². The highest BCUT2D eigenvalue weighted by Crippen LogP contribution is 2.34. The number of rotatable bonds is 8. The van der Waals surface area contributed by atoms with E-state index in [2.05, 4.69) is 29.4 Å². The van der Waals surface area contributed by atoms with Crippen LogP contribution in [-0.4, -0.2) is 62.4 Å². The highest BCUT2D eigenvalue weighted by Gasteiger charge is 2.24. The number of sulfone groups is 1. The first-order valence-electron chi connectivity index (χ1n) is 10.7. The number of para-hydroxylation sites is 1. The Hall–Kier alpha value is -2.10. The van der Waals surface area contributed by atoms with Crippen molar-refractivity contribution in [3.8, 4) is 0 Å². The lowest BCUT2D eigenvalue weighted by molar-refractivity contribution is -0.131. The Bertz CT molecular complexity index is 1170. The minimum Gasteiger partial charge on any atom is -0.345 e. The number of anilines is 1. The molecule has 1 fully saturated rings. The molecule has 0 aliphatic carbocycles. The first kappa shape index (κ1) is 23.1. The summed E-state index contributed by atoms with van der Waals surface area (Å²) in [7, 11) is -3.21. The molecule has 2 aromatic carbocycles. The number of carbonyl (C=O) groups is 1. The molecule has 0 bridgehead atoms. The average molecular weight is 490 g/mol. The van der Waals surface area contributed by atoms with Crippen LogP contribution in [-0.2, 0) is 20.4 Å². The summed E-state index contributed by atoms with van der Waals surface area (Å²) in [4.78, 5) is 22.7. The Morgan fingerprint density at radius 3 is 2.53 bits per heavy atom. The van der Waals surface area contributed by atoms with Crippen LogP contribution >= 0.6 is 23.1 Å². The molecule has 0 N–H and O–H groups in total. The molecule has 0 atom stereocenters. The quantitative estimate of drug-likeness (QED) is 0.445. The molecule has 0 spiro atoms. The Balaban J connectivity index is 1.26. The fourth-order valence-corrected chi connectivity index (χ4v) is 6.96. The SMILES string of the molecule is CSc1cccc2sc(N3CCN(C(=O)CCCS(=O)(=O)Cc4ccccc4)CC3)nc12. The average Bonchev–Trinajstić information content (AvgIpc) is 3.24. The second-order valence-corrected chi connectivity index (χ2v) is 11.9.